The number of nitrogens with two attached hydrogens (primary N) is 1. The van der Waals surface area contributed by atoms with Gasteiger partial charge in [0.05, 0.1) is 0 Å². The Morgan fingerprint density at radius 3 is 2.13 bits per heavy atom. The summed E-state index contributed by atoms with van der Waals surface area (Å²) in [6, 6.07) is 4.56. The third-order valence-electron chi connectivity index (χ3n) is 3.07. The van der Waals surface area contributed by atoms with Gasteiger partial charge in [0.25, 0.3) is 0 Å². The summed E-state index contributed by atoms with van der Waals surface area (Å²) >= 11 is 0. The molecule has 1 atom stereocenters. The molecule has 0 aromatic heterocycles. The van der Waals surface area contributed by atoms with Gasteiger partial charge in [-0.15, -0.1) is 0 Å². The number of rotatable bonds is 4. The minimum atomic E-state index is 0.633. The molecule has 1 rings (SSSR count). The van der Waals surface area contributed by atoms with Crippen molar-refractivity contribution in [2.75, 3.05) is 6.54 Å². The van der Waals surface area contributed by atoms with E-state index < -0.39 is 0 Å². The highest BCUT2D eigenvalue weighted by Crippen LogP contribution is 2.27. The van der Waals surface area contributed by atoms with Gasteiger partial charge in [-0.3, -0.25) is 0 Å². The molecule has 0 saturated carbocycles. The molecule has 1 aromatic rings. The number of hydrogen-bond donors (Lipinski definition) is 1. The van der Waals surface area contributed by atoms with Crippen LogP contribution in [0.15, 0.2) is 12.1 Å². The van der Waals surface area contributed by atoms with Crippen molar-refractivity contribution in [3.63, 3.8) is 0 Å². The van der Waals surface area contributed by atoms with Crippen LogP contribution in [0.1, 0.15) is 47.9 Å². The summed E-state index contributed by atoms with van der Waals surface area (Å²) in [4.78, 5) is 0. The van der Waals surface area contributed by atoms with Gasteiger partial charge in [0.1, 0.15) is 0 Å². The standard InChI is InChI=1S/C14H23N/c1-10-8-12(3)14(13(4)9-10)11(2)6-5-7-15/h8-9,11H,5-7,15H2,1-4H3. The summed E-state index contributed by atoms with van der Waals surface area (Å²) in [5.41, 5.74) is 11.3. The van der Waals surface area contributed by atoms with Crippen LogP contribution in [0.25, 0.3) is 0 Å². The predicted octanol–water partition coefficient (Wildman–Crippen LogP) is 3.45. The molecule has 1 nitrogen and oxygen atoms in total. The van der Waals surface area contributed by atoms with Crippen LogP contribution in [0.2, 0.25) is 0 Å². The second kappa shape index (κ2) is 5.32. The lowest BCUT2D eigenvalue weighted by Crippen LogP contribution is -2.05. The van der Waals surface area contributed by atoms with Gasteiger partial charge < -0.3 is 5.73 Å². The Labute approximate surface area is 93.7 Å². The summed E-state index contributed by atoms with van der Waals surface area (Å²) < 4.78 is 0. The zero-order valence-electron chi connectivity index (χ0n) is 10.4. The van der Waals surface area contributed by atoms with Crippen molar-refractivity contribution in [2.45, 2.75) is 46.5 Å². The molecule has 1 heteroatoms. The fourth-order valence-electron chi connectivity index (χ4n) is 2.54. The summed E-state index contributed by atoms with van der Waals surface area (Å²) in [7, 11) is 0. The summed E-state index contributed by atoms with van der Waals surface area (Å²) in [5, 5.41) is 0. The van der Waals surface area contributed by atoms with Gasteiger partial charge in [0.2, 0.25) is 0 Å². The fourth-order valence-corrected chi connectivity index (χ4v) is 2.54. The van der Waals surface area contributed by atoms with E-state index in [-0.39, 0.29) is 0 Å². The zero-order valence-corrected chi connectivity index (χ0v) is 10.4. The number of hydrogen-bond acceptors (Lipinski definition) is 1. The maximum atomic E-state index is 5.56. The van der Waals surface area contributed by atoms with Gasteiger partial charge in [-0.05, 0) is 62.8 Å². The van der Waals surface area contributed by atoms with Crippen LogP contribution in [0.4, 0.5) is 0 Å². The third-order valence-corrected chi connectivity index (χ3v) is 3.07. The molecule has 0 aliphatic carbocycles. The average molecular weight is 205 g/mol. The molecule has 2 N–H and O–H groups in total. The maximum Gasteiger partial charge on any atom is -0.00771 e. The molecule has 1 unspecified atom stereocenters. The molecule has 0 radical (unpaired) electrons. The van der Waals surface area contributed by atoms with E-state index in [1.807, 2.05) is 0 Å². The summed E-state index contributed by atoms with van der Waals surface area (Å²) in [5.74, 6) is 0.633. The van der Waals surface area contributed by atoms with Crippen molar-refractivity contribution >= 4 is 0 Å². The van der Waals surface area contributed by atoms with Gasteiger partial charge in [0, 0.05) is 0 Å². The molecular weight excluding hydrogens is 182 g/mol. The van der Waals surface area contributed by atoms with Crippen molar-refractivity contribution in [3.05, 3.63) is 34.4 Å². The predicted molar refractivity (Wildman–Crippen MR) is 67.4 cm³/mol. The van der Waals surface area contributed by atoms with Crippen LogP contribution in [-0.2, 0) is 0 Å². The average Bonchev–Trinajstić information content (AvgIpc) is 2.12. The van der Waals surface area contributed by atoms with E-state index in [9.17, 15) is 0 Å². The van der Waals surface area contributed by atoms with Crippen LogP contribution in [0, 0.1) is 20.8 Å². The molecule has 0 aliphatic heterocycles. The van der Waals surface area contributed by atoms with Crippen LogP contribution >= 0.6 is 0 Å². The molecular formula is C14H23N. The van der Waals surface area contributed by atoms with Gasteiger partial charge >= 0.3 is 0 Å². The molecule has 1 aromatic carbocycles. The molecule has 15 heavy (non-hydrogen) atoms. The van der Waals surface area contributed by atoms with Crippen LogP contribution in [0.5, 0.6) is 0 Å². The number of aryl methyl sites for hydroxylation is 3. The first kappa shape index (κ1) is 12.3. The van der Waals surface area contributed by atoms with Crippen molar-refractivity contribution in [1.82, 2.24) is 0 Å². The highest BCUT2D eigenvalue weighted by atomic mass is 14.5. The third kappa shape index (κ3) is 3.07. The van der Waals surface area contributed by atoms with Gasteiger partial charge in [-0.2, -0.15) is 0 Å². The lowest BCUT2D eigenvalue weighted by molar-refractivity contribution is 0.635. The van der Waals surface area contributed by atoms with E-state index in [2.05, 4.69) is 39.8 Å². The van der Waals surface area contributed by atoms with Crippen molar-refractivity contribution < 1.29 is 0 Å². The summed E-state index contributed by atoms with van der Waals surface area (Å²) in [6.07, 6.45) is 2.31. The zero-order chi connectivity index (χ0) is 11.4. The molecule has 84 valence electrons. The van der Waals surface area contributed by atoms with Gasteiger partial charge in [-0.25, -0.2) is 0 Å². The molecule has 0 heterocycles. The minimum absolute atomic E-state index is 0.633. The van der Waals surface area contributed by atoms with Gasteiger partial charge in [-0.1, -0.05) is 24.6 Å². The topological polar surface area (TPSA) is 26.0 Å². The quantitative estimate of drug-likeness (QED) is 0.800. The molecule has 0 aliphatic rings. The number of benzene rings is 1. The lowest BCUT2D eigenvalue weighted by atomic mass is 9.88. The van der Waals surface area contributed by atoms with Gasteiger partial charge in [0.15, 0.2) is 0 Å². The first-order chi connectivity index (χ1) is 7.06. The Morgan fingerprint density at radius 1 is 1.13 bits per heavy atom. The molecule has 0 spiro atoms. The second-order valence-electron chi connectivity index (χ2n) is 4.64. The van der Waals surface area contributed by atoms with Crippen LogP contribution in [0.3, 0.4) is 0 Å². The first-order valence-corrected chi connectivity index (χ1v) is 5.84. The summed E-state index contributed by atoms with van der Waals surface area (Å²) in [6.45, 7) is 9.70. The van der Waals surface area contributed by atoms with E-state index in [0.717, 1.165) is 13.0 Å². The second-order valence-corrected chi connectivity index (χ2v) is 4.64. The van der Waals surface area contributed by atoms with Crippen molar-refractivity contribution in [3.8, 4) is 0 Å². The molecule has 0 amide bonds. The molecule has 0 saturated heterocycles. The smallest absolute Gasteiger partial charge is 0.00771 e. The largest absolute Gasteiger partial charge is 0.330 e. The fraction of sp³-hybridized carbons (Fsp3) is 0.571. The SMILES string of the molecule is Cc1cc(C)c(C(C)CCCN)c(C)c1. The van der Waals surface area contributed by atoms with E-state index >= 15 is 0 Å². The highest BCUT2D eigenvalue weighted by Gasteiger charge is 2.11. The molecule has 0 bridgehead atoms. The Bertz CT molecular complexity index is 305. The highest BCUT2D eigenvalue weighted by molar-refractivity contribution is 5.39. The Balaban J connectivity index is 2.92. The van der Waals surface area contributed by atoms with Crippen molar-refractivity contribution in [2.24, 2.45) is 5.73 Å². The van der Waals surface area contributed by atoms with E-state index in [0.29, 0.717) is 5.92 Å². The van der Waals surface area contributed by atoms with Crippen LogP contribution in [-0.4, -0.2) is 6.54 Å². The maximum absolute atomic E-state index is 5.56. The van der Waals surface area contributed by atoms with E-state index in [1.54, 1.807) is 0 Å². The Kier molecular flexibility index (Phi) is 4.34. The minimum Gasteiger partial charge on any atom is -0.330 e. The normalized spacial score (nSPS) is 12.9. The Hall–Kier alpha value is -0.820. The van der Waals surface area contributed by atoms with Crippen molar-refractivity contribution in [1.29, 1.82) is 0 Å². The first-order valence-electron chi connectivity index (χ1n) is 5.84. The lowest BCUT2D eigenvalue weighted by Gasteiger charge is -2.18. The monoisotopic (exact) mass is 205 g/mol. The molecule has 0 fully saturated rings. The Morgan fingerprint density at radius 2 is 1.67 bits per heavy atom. The van der Waals surface area contributed by atoms with E-state index in [4.69, 9.17) is 5.73 Å². The van der Waals surface area contributed by atoms with Crippen LogP contribution < -0.4 is 5.73 Å². The van der Waals surface area contributed by atoms with E-state index in [1.165, 1.54) is 28.7 Å².